The number of aryl methyl sites for hydroxylation is 1. The van der Waals surface area contributed by atoms with Crippen molar-refractivity contribution in [2.45, 2.75) is 40.4 Å². The average molecular weight is 409 g/mol. The number of imidazole rings is 1. The van der Waals surface area contributed by atoms with Gasteiger partial charge in [-0.05, 0) is 34.8 Å². The lowest BCUT2D eigenvalue weighted by molar-refractivity contribution is 0.460. The fraction of sp³-hybridized carbons (Fsp3) is 0.556. The second-order valence-corrected chi connectivity index (χ2v) is 7.59. The first-order valence-corrected chi connectivity index (χ1v) is 9.50. The molecule has 2 heterocycles. The molecule has 25 heavy (non-hydrogen) atoms. The Morgan fingerprint density at radius 2 is 2.20 bits per heavy atom. The molecule has 7 heteroatoms. The van der Waals surface area contributed by atoms with Gasteiger partial charge in [-0.1, -0.05) is 13.8 Å². The van der Waals surface area contributed by atoms with E-state index in [9.17, 15) is 0 Å². The highest BCUT2D eigenvalue weighted by molar-refractivity contribution is 9.10. The number of nitrogens with zero attached hydrogens (tertiary/aromatic N) is 5. The van der Waals surface area contributed by atoms with Gasteiger partial charge in [-0.3, -0.25) is 0 Å². The predicted octanol–water partition coefficient (Wildman–Crippen LogP) is 3.24. The quantitative estimate of drug-likeness (QED) is 0.564. The Kier molecular flexibility index (Phi) is 7.11. The van der Waals surface area contributed by atoms with E-state index in [1.165, 1.54) is 5.69 Å². The summed E-state index contributed by atoms with van der Waals surface area (Å²) in [7, 11) is 4.11. The van der Waals surface area contributed by atoms with Gasteiger partial charge in [0.05, 0.1) is 6.54 Å². The smallest absolute Gasteiger partial charge is 0.194 e. The Labute approximate surface area is 159 Å². The van der Waals surface area contributed by atoms with Crippen LogP contribution in [0, 0.1) is 5.92 Å². The molecule has 0 spiro atoms. The molecule has 0 bridgehead atoms. The van der Waals surface area contributed by atoms with Gasteiger partial charge in [0, 0.05) is 55.9 Å². The van der Waals surface area contributed by atoms with Gasteiger partial charge in [-0.2, -0.15) is 0 Å². The molecular formula is C18H29BrN6. The van der Waals surface area contributed by atoms with Gasteiger partial charge in [-0.25, -0.2) is 9.98 Å². The lowest BCUT2D eigenvalue weighted by Gasteiger charge is -2.22. The molecule has 0 atom stereocenters. The number of aliphatic imine (C=N–C) groups is 1. The van der Waals surface area contributed by atoms with Crippen molar-refractivity contribution < 1.29 is 0 Å². The van der Waals surface area contributed by atoms with Crippen LogP contribution in [-0.2, 0) is 26.7 Å². The summed E-state index contributed by atoms with van der Waals surface area (Å²) in [6, 6.07) is 2.13. The standard InChI is InChI=1S/C18H29BrN6/c1-6-20-18(24(5)13-16-9-15(19)12-23(16)4)22-10-17-21-7-8-25(17)11-14(2)3/h7-9,12,14H,6,10-11,13H2,1-5H3,(H,20,22). The minimum Gasteiger partial charge on any atom is -0.357 e. The van der Waals surface area contributed by atoms with E-state index in [2.05, 4.69) is 87.4 Å². The van der Waals surface area contributed by atoms with Crippen molar-refractivity contribution in [2.75, 3.05) is 13.6 Å². The van der Waals surface area contributed by atoms with E-state index < -0.39 is 0 Å². The van der Waals surface area contributed by atoms with Crippen molar-refractivity contribution in [2.24, 2.45) is 18.0 Å². The molecule has 0 aliphatic carbocycles. The molecule has 0 aliphatic rings. The van der Waals surface area contributed by atoms with Crippen LogP contribution in [0.15, 0.2) is 34.1 Å². The van der Waals surface area contributed by atoms with Gasteiger partial charge in [0.1, 0.15) is 12.4 Å². The third kappa shape index (κ3) is 5.63. The highest BCUT2D eigenvalue weighted by atomic mass is 79.9. The second-order valence-electron chi connectivity index (χ2n) is 6.68. The zero-order valence-corrected chi connectivity index (χ0v) is 17.4. The largest absolute Gasteiger partial charge is 0.357 e. The molecule has 2 rings (SSSR count). The van der Waals surface area contributed by atoms with Crippen molar-refractivity contribution >= 4 is 21.9 Å². The minimum absolute atomic E-state index is 0.573. The average Bonchev–Trinajstić information content (AvgIpc) is 3.09. The van der Waals surface area contributed by atoms with Crippen LogP contribution in [0.5, 0.6) is 0 Å². The maximum atomic E-state index is 4.78. The normalized spacial score (nSPS) is 12.0. The number of guanidine groups is 1. The molecule has 0 unspecified atom stereocenters. The van der Waals surface area contributed by atoms with Crippen molar-refractivity contribution in [1.29, 1.82) is 0 Å². The van der Waals surface area contributed by atoms with Crippen molar-refractivity contribution in [3.63, 3.8) is 0 Å². The first kappa shape index (κ1) is 19.6. The van der Waals surface area contributed by atoms with Crippen LogP contribution in [0.25, 0.3) is 0 Å². The molecule has 0 aromatic carbocycles. The van der Waals surface area contributed by atoms with Gasteiger partial charge in [-0.15, -0.1) is 0 Å². The Balaban J connectivity index is 2.09. The molecule has 0 radical (unpaired) electrons. The van der Waals surface area contributed by atoms with Crippen molar-refractivity contribution in [3.8, 4) is 0 Å². The van der Waals surface area contributed by atoms with Crippen molar-refractivity contribution in [1.82, 2.24) is 24.3 Å². The molecule has 0 amide bonds. The van der Waals surface area contributed by atoms with E-state index in [1.807, 2.05) is 12.4 Å². The summed E-state index contributed by atoms with van der Waals surface area (Å²) in [5.41, 5.74) is 1.22. The van der Waals surface area contributed by atoms with E-state index in [-0.39, 0.29) is 0 Å². The Bertz CT molecular complexity index is 700. The molecule has 2 aromatic rings. The van der Waals surface area contributed by atoms with Crippen LogP contribution in [0.2, 0.25) is 0 Å². The summed E-state index contributed by atoms with van der Waals surface area (Å²) in [6.45, 7) is 9.67. The van der Waals surface area contributed by atoms with Crippen LogP contribution >= 0.6 is 15.9 Å². The molecule has 2 aromatic heterocycles. The summed E-state index contributed by atoms with van der Waals surface area (Å²) in [4.78, 5) is 11.4. The third-order valence-corrected chi connectivity index (χ3v) is 4.34. The number of hydrogen-bond acceptors (Lipinski definition) is 2. The summed E-state index contributed by atoms with van der Waals surface area (Å²) in [5, 5.41) is 3.37. The minimum atomic E-state index is 0.573. The lowest BCUT2D eigenvalue weighted by Crippen LogP contribution is -2.38. The number of rotatable bonds is 7. The fourth-order valence-corrected chi connectivity index (χ4v) is 3.28. The summed E-state index contributed by atoms with van der Waals surface area (Å²) in [5.74, 6) is 2.47. The van der Waals surface area contributed by atoms with E-state index >= 15 is 0 Å². The highest BCUT2D eigenvalue weighted by Crippen LogP contribution is 2.15. The molecule has 0 saturated carbocycles. The Morgan fingerprint density at radius 1 is 1.44 bits per heavy atom. The van der Waals surface area contributed by atoms with Crippen LogP contribution in [0.4, 0.5) is 0 Å². The zero-order chi connectivity index (χ0) is 18.4. The molecule has 0 aliphatic heterocycles. The molecule has 0 fully saturated rings. The monoisotopic (exact) mass is 408 g/mol. The summed E-state index contributed by atoms with van der Waals surface area (Å²) in [6.07, 6.45) is 5.95. The Hall–Kier alpha value is -1.76. The highest BCUT2D eigenvalue weighted by Gasteiger charge is 2.11. The fourth-order valence-electron chi connectivity index (χ4n) is 2.71. The molecular weight excluding hydrogens is 380 g/mol. The SMILES string of the molecule is CCNC(=NCc1nccn1CC(C)C)N(C)Cc1cc(Br)cn1C. The number of nitrogens with one attached hydrogen (secondary N) is 1. The first-order chi connectivity index (χ1) is 11.9. The van der Waals surface area contributed by atoms with Crippen LogP contribution in [-0.4, -0.2) is 38.6 Å². The number of hydrogen-bond donors (Lipinski definition) is 1. The molecule has 1 N–H and O–H groups in total. The van der Waals surface area contributed by atoms with Crippen LogP contribution in [0.1, 0.15) is 32.3 Å². The molecule has 138 valence electrons. The van der Waals surface area contributed by atoms with E-state index in [4.69, 9.17) is 4.99 Å². The van der Waals surface area contributed by atoms with Gasteiger partial charge in [0.2, 0.25) is 0 Å². The second kappa shape index (κ2) is 9.08. The molecule has 6 nitrogen and oxygen atoms in total. The van der Waals surface area contributed by atoms with Gasteiger partial charge < -0.3 is 19.4 Å². The maximum Gasteiger partial charge on any atom is 0.194 e. The summed E-state index contributed by atoms with van der Waals surface area (Å²) < 4.78 is 5.40. The third-order valence-electron chi connectivity index (χ3n) is 3.90. The van der Waals surface area contributed by atoms with Crippen LogP contribution in [0.3, 0.4) is 0 Å². The topological polar surface area (TPSA) is 50.4 Å². The van der Waals surface area contributed by atoms with Gasteiger partial charge in [0.25, 0.3) is 0 Å². The van der Waals surface area contributed by atoms with Crippen LogP contribution < -0.4 is 5.32 Å². The van der Waals surface area contributed by atoms with Crippen molar-refractivity contribution in [3.05, 3.63) is 40.6 Å². The first-order valence-electron chi connectivity index (χ1n) is 8.70. The Morgan fingerprint density at radius 3 is 2.80 bits per heavy atom. The lowest BCUT2D eigenvalue weighted by atomic mass is 10.2. The predicted molar refractivity (Wildman–Crippen MR) is 106 cm³/mol. The zero-order valence-electron chi connectivity index (χ0n) is 15.8. The summed E-state index contributed by atoms with van der Waals surface area (Å²) >= 11 is 3.53. The van der Waals surface area contributed by atoms with E-state index in [0.29, 0.717) is 12.5 Å². The van der Waals surface area contributed by atoms with E-state index in [0.717, 1.165) is 35.9 Å². The number of aromatic nitrogens is 3. The van der Waals surface area contributed by atoms with E-state index in [1.54, 1.807) is 0 Å². The van der Waals surface area contributed by atoms with Gasteiger partial charge >= 0.3 is 0 Å². The number of halogens is 1. The molecule has 0 saturated heterocycles. The maximum absolute atomic E-state index is 4.78. The van der Waals surface area contributed by atoms with Gasteiger partial charge in [0.15, 0.2) is 5.96 Å².